The summed E-state index contributed by atoms with van der Waals surface area (Å²) < 4.78 is 6.75. The minimum atomic E-state index is 0. The van der Waals surface area contributed by atoms with Crippen molar-refractivity contribution in [2.24, 2.45) is 4.99 Å². The molecule has 27 heavy (non-hydrogen) atoms. The van der Waals surface area contributed by atoms with Crippen molar-refractivity contribution in [2.75, 3.05) is 24.5 Å². The summed E-state index contributed by atoms with van der Waals surface area (Å²) >= 11 is 3.64. The molecule has 1 unspecified atom stereocenters. The molecule has 148 valence electrons. The second kappa shape index (κ2) is 10.3. The number of nitrogens with zero attached hydrogens (tertiary/aromatic N) is 3. The summed E-state index contributed by atoms with van der Waals surface area (Å²) in [5.74, 6) is 2.31. The lowest BCUT2D eigenvalue weighted by molar-refractivity contribution is 0.472. The van der Waals surface area contributed by atoms with E-state index < -0.39 is 0 Å². The van der Waals surface area contributed by atoms with Crippen molar-refractivity contribution in [3.8, 4) is 0 Å². The first-order valence-corrected chi connectivity index (χ1v) is 9.83. The number of benzene rings is 1. The predicted molar refractivity (Wildman–Crippen MR) is 124 cm³/mol. The van der Waals surface area contributed by atoms with E-state index in [9.17, 15) is 0 Å². The van der Waals surface area contributed by atoms with Gasteiger partial charge in [-0.15, -0.1) is 24.0 Å². The first kappa shape index (κ1) is 22.0. The van der Waals surface area contributed by atoms with Crippen LogP contribution in [-0.2, 0) is 6.54 Å². The maximum absolute atomic E-state index is 5.61. The number of aromatic nitrogens is 1. The minimum Gasteiger partial charge on any atom is -0.444 e. The van der Waals surface area contributed by atoms with Crippen molar-refractivity contribution in [3.63, 3.8) is 0 Å². The number of nitrogens with one attached hydrogen (secondary N) is 2. The van der Waals surface area contributed by atoms with Gasteiger partial charge in [0.2, 0.25) is 5.89 Å². The van der Waals surface area contributed by atoms with Crippen molar-refractivity contribution in [1.29, 1.82) is 0 Å². The Labute approximate surface area is 186 Å². The number of hydrogen-bond acceptors (Lipinski definition) is 4. The molecule has 0 spiro atoms. The second-order valence-electron chi connectivity index (χ2n) is 6.47. The van der Waals surface area contributed by atoms with Crippen molar-refractivity contribution in [3.05, 3.63) is 46.1 Å². The second-order valence-corrected chi connectivity index (χ2v) is 7.33. The maximum Gasteiger partial charge on any atom is 0.216 e. The molecular formula is C19H27BrIN5O. The van der Waals surface area contributed by atoms with Crippen LogP contribution in [0.5, 0.6) is 0 Å². The lowest BCUT2D eigenvalue weighted by atomic mass is 10.3. The van der Waals surface area contributed by atoms with E-state index in [1.54, 1.807) is 0 Å². The summed E-state index contributed by atoms with van der Waals surface area (Å²) in [6.45, 7) is 9.17. The summed E-state index contributed by atoms with van der Waals surface area (Å²) in [6.07, 6.45) is 1.07. The van der Waals surface area contributed by atoms with E-state index in [-0.39, 0.29) is 24.0 Å². The van der Waals surface area contributed by atoms with E-state index in [1.807, 2.05) is 19.9 Å². The number of halogens is 2. The summed E-state index contributed by atoms with van der Waals surface area (Å²) in [5, 5.41) is 6.85. The van der Waals surface area contributed by atoms with Crippen LogP contribution >= 0.6 is 39.9 Å². The molecule has 0 radical (unpaired) electrons. The Bertz CT molecular complexity index is 760. The van der Waals surface area contributed by atoms with E-state index >= 15 is 0 Å². The zero-order valence-electron chi connectivity index (χ0n) is 16.0. The van der Waals surface area contributed by atoms with E-state index in [0.717, 1.165) is 47.9 Å². The Morgan fingerprint density at radius 2 is 2.15 bits per heavy atom. The van der Waals surface area contributed by atoms with Crippen molar-refractivity contribution < 1.29 is 4.42 Å². The van der Waals surface area contributed by atoms with Crippen LogP contribution in [0.4, 0.5) is 5.69 Å². The normalized spacial score (nSPS) is 17.0. The number of aryl methyl sites for hydroxylation is 2. The van der Waals surface area contributed by atoms with Crippen LogP contribution in [0.2, 0.25) is 0 Å². The highest BCUT2D eigenvalue weighted by Gasteiger charge is 2.24. The van der Waals surface area contributed by atoms with Gasteiger partial charge in [0.15, 0.2) is 5.96 Å². The zero-order chi connectivity index (χ0) is 18.5. The van der Waals surface area contributed by atoms with Gasteiger partial charge < -0.3 is 20.0 Å². The van der Waals surface area contributed by atoms with Crippen molar-refractivity contribution >= 4 is 51.6 Å². The number of aliphatic imine (C=N–C) groups is 1. The third kappa shape index (κ3) is 5.84. The minimum absolute atomic E-state index is 0. The smallest absolute Gasteiger partial charge is 0.216 e. The molecule has 1 aromatic heterocycles. The summed E-state index contributed by atoms with van der Waals surface area (Å²) in [5.41, 5.74) is 2.16. The molecule has 3 rings (SSSR count). The molecule has 0 aliphatic carbocycles. The molecule has 2 N–H and O–H groups in total. The molecule has 1 saturated heterocycles. The SMILES string of the molecule is CCNC(=NCc1nc(C)c(C)o1)NC1CCN(c2ccccc2Br)C1.I. The molecule has 1 aliphatic heterocycles. The van der Waals surface area contributed by atoms with Gasteiger partial charge >= 0.3 is 0 Å². The van der Waals surface area contributed by atoms with E-state index in [2.05, 4.69) is 66.6 Å². The van der Waals surface area contributed by atoms with Gasteiger partial charge in [-0.05, 0) is 55.3 Å². The Kier molecular flexibility index (Phi) is 8.40. The largest absolute Gasteiger partial charge is 0.444 e. The lowest BCUT2D eigenvalue weighted by Crippen LogP contribution is -2.44. The monoisotopic (exact) mass is 547 g/mol. The molecule has 0 amide bonds. The van der Waals surface area contributed by atoms with Gasteiger partial charge in [0, 0.05) is 30.1 Å². The van der Waals surface area contributed by atoms with Crippen LogP contribution in [-0.4, -0.2) is 36.6 Å². The topological polar surface area (TPSA) is 65.7 Å². The summed E-state index contributed by atoms with van der Waals surface area (Å²) in [4.78, 5) is 11.4. The highest BCUT2D eigenvalue weighted by atomic mass is 127. The molecule has 2 aromatic rings. The lowest BCUT2D eigenvalue weighted by Gasteiger charge is -2.21. The van der Waals surface area contributed by atoms with Crippen LogP contribution in [0, 0.1) is 13.8 Å². The fraction of sp³-hybridized carbons (Fsp3) is 0.474. The molecule has 2 heterocycles. The molecular weight excluding hydrogens is 521 g/mol. The number of guanidine groups is 1. The molecule has 8 heteroatoms. The van der Waals surface area contributed by atoms with Gasteiger partial charge in [-0.3, -0.25) is 0 Å². The molecule has 1 fully saturated rings. The number of rotatable bonds is 5. The molecule has 6 nitrogen and oxygen atoms in total. The van der Waals surface area contributed by atoms with E-state index in [0.29, 0.717) is 18.5 Å². The molecule has 1 aliphatic rings. The molecule has 1 atom stereocenters. The quantitative estimate of drug-likeness (QED) is 0.336. The third-order valence-corrected chi connectivity index (χ3v) is 5.18. The fourth-order valence-electron chi connectivity index (χ4n) is 3.07. The van der Waals surface area contributed by atoms with Crippen LogP contribution in [0.3, 0.4) is 0 Å². The Morgan fingerprint density at radius 1 is 1.37 bits per heavy atom. The Balaban J connectivity index is 0.00000261. The van der Waals surface area contributed by atoms with Gasteiger partial charge in [-0.25, -0.2) is 9.98 Å². The van der Waals surface area contributed by atoms with Crippen LogP contribution in [0.1, 0.15) is 30.7 Å². The van der Waals surface area contributed by atoms with Crippen molar-refractivity contribution in [1.82, 2.24) is 15.6 Å². The highest BCUT2D eigenvalue weighted by molar-refractivity contribution is 14.0. The third-order valence-electron chi connectivity index (χ3n) is 4.51. The van der Waals surface area contributed by atoms with Gasteiger partial charge in [-0.2, -0.15) is 0 Å². The summed E-state index contributed by atoms with van der Waals surface area (Å²) in [7, 11) is 0. The number of hydrogen-bond donors (Lipinski definition) is 2. The summed E-state index contributed by atoms with van der Waals surface area (Å²) in [6, 6.07) is 8.71. The maximum atomic E-state index is 5.61. The average molecular weight is 548 g/mol. The highest BCUT2D eigenvalue weighted by Crippen LogP contribution is 2.28. The van der Waals surface area contributed by atoms with Crippen molar-refractivity contribution in [2.45, 2.75) is 39.8 Å². The van der Waals surface area contributed by atoms with Crippen LogP contribution in [0.25, 0.3) is 0 Å². The molecule has 1 aromatic carbocycles. The van der Waals surface area contributed by atoms with E-state index in [1.165, 1.54) is 5.69 Å². The van der Waals surface area contributed by atoms with Gasteiger partial charge in [0.1, 0.15) is 12.3 Å². The van der Waals surface area contributed by atoms with Gasteiger partial charge in [0.05, 0.1) is 11.4 Å². The predicted octanol–water partition coefficient (Wildman–Crippen LogP) is 4.01. The van der Waals surface area contributed by atoms with Gasteiger partial charge in [0.25, 0.3) is 0 Å². The number of oxazole rings is 1. The first-order valence-electron chi connectivity index (χ1n) is 9.04. The standard InChI is InChI=1S/C19H26BrN5O.HI/c1-4-21-19(22-11-18-23-13(2)14(3)26-18)24-15-9-10-25(12-15)17-8-6-5-7-16(17)20;/h5-8,15H,4,9-12H2,1-3H3,(H2,21,22,24);1H. The average Bonchev–Trinajstić information content (AvgIpc) is 3.20. The van der Waals surface area contributed by atoms with Gasteiger partial charge in [-0.1, -0.05) is 12.1 Å². The van der Waals surface area contributed by atoms with Crippen LogP contribution in [0.15, 0.2) is 38.1 Å². The first-order chi connectivity index (χ1) is 12.6. The zero-order valence-corrected chi connectivity index (χ0v) is 19.9. The fourth-order valence-corrected chi connectivity index (χ4v) is 3.61. The van der Waals surface area contributed by atoms with Crippen LogP contribution < -0.4 is 15.5 Å². The molecule has 0 saturated carbocycles. The Morgan fingerprint density at radius 3 is 2.81 bits per heavy atom. The van der Waals surface area contributed by atoms with E-state index in [4.69, 9.17) is 4.42 Å². The Hall–Kier alpha value is -1.29. The number of anilines is 1. The molecule has 0 bridgehead atoms. The number of para-hydroxylation sites is 1.